The number of phenols is 1. The first-order valence-corrected chi connectivity index (χ1v) is 31.9. The minimum atomic E-state index is -4.98. The number of hydrogen-bond acceptors (Lipinski definition) is 11. The first-order valence-electron chi connectivity index (χ1n) is 29.0. The number of rotatable bonds is 40. The minimum absolute atomic E-state index is 0.0313. The summed E-state index contributed by atoms with van der Waals surface area (Å²) in [5, 5.41) is 33.3. The highest BCUT2D eigenvalue weighted by molar-refractivity contribution is 7.86. The Morgan fingerprint density at radius 2 is 0.720 bits per heavy atom. The number of azo groups is 2. The smallest absolute Gasteiger partial charge is 0.295 e. The zero-order chi connectivity index (χ0) is 54.7. The quantitative estimate of drug-likeness (QED) is 0.0163. The van der Waals surface area contributed by atoms with Gasteiger partial charge in [-0.1, -0.05) is 219 Å². The van der Waals surface area contributed by atoms with E-state index in [0.29, 0.717) is 23.1 Å². The third-order valence-corrected chi connectivity index (χ3v) is 14.8. The van der Waals surface area contributed by atoms with E-state index in [-0.39, 0.29) is 16.5 Å². The molecule has 75 heavy (non-hydrogen) atoms. The molecule has 0 aliphatic rings. The molecule has 0 spiro atoms. The largest absolute Gasteiger partial charge is 0.506 e. The van der Waals surface area contributed by atoms with Gasteiger partial charge < -0.3 is 15.7 Å². The fourth-order valence-corrected chi connectivity index (χ4v) is 9.93. The molecule has 0 heterocycles. The van der Waals surface area contributed by atoms with Crippen molar-refractivity contribution in [3.8, 4) is 5.75 Å². The normalized spacial score (nSPS) is 11.8. The summed E-state index contributed by atoms with van der Waals surface area (Å²) in [6.45, 7) is 14.1. The first-order chi connectivity index (χ1) is 36.3. The summed E-state index contributed by atoms with van der Waals surface area (Å²) >= 11 is 0. The molecule has 4 rings (SSSR count). The molecule has 0 amide bonds. The Kier molecular flexibility index (Phi) is 38.3. The summed E-state index contributed by atoms with van der Waals surface area (Å²) in [7, 11) is -9.77. The van der Waals surface area contributed by atoms with Gasteiger partial charge in [0.15, 0.2) is 0 Å². The van der Waals surface area contributed by atoms with Gasteiger partial charge in [-0.2, -0.15) is 32.2 Å². The molecule has 5 N–H and O–H groups in total. The van der Waals surface area contributed by atoms with Gasteiger partial charge in [0.05, 0.1) is 22.0 Å². The second-order valence-electron chi connectivity index (χ2n) is 19.8. The molecule has 0 fully saturated rings. The number of phenolic OH excluding ortho intramolecular Hbond substituents is 1. The highest BCUT2D eigenvalue weighted by atomic mass is 32.2. The molecule has 0 aliphatic carbocycles. The number of nitrogens with one attached hydrogen (secondary N) is 2. The molecule has 0 bridgehead atoms. The number of unbranched alkanes of at least 4 members (excludes halogenated alkanes) is 26. The van der Waals surface area contributed by atoms with Crippen LogP contribution in [-0.4, -0.2) is 57.2 Å². The number of fused-ring (bicyclic) bond motifs is 1. The predicted octanol–water partition coefficient (Wildman–Crippen LogP) is 18.8. The summed E-state index contributed by atoms with van der Waals surface area (Å²) in [6.07, 6.45) is 42.7. The predicted molar refractivity (Wildman–Crippen MR) is 313 cm³/mol. The van der Waals surface area contributed by atoms with Crippen molar-refractivity contribution in [1.29, 1.82) is 0 Å². The van der Waals surface area contributed by atoms with Gasteiger partial charge in [0.25, 0.3) is 20.2 Å². The van der Waals surface area contributed by atoms with E-state index >= 15 is 0 Å². The maximum Gasteiger partial charge on any atom is 0.295 e. The van der Waals surface area contributed by atoms with Gasteiger partial charge in [-0.05, 0) is 112 Å². The summed E-state index contributed by atoms with van der Waals surface area (Å²) in [4.78, 5) is -1.63. The van der Waals surface area contributed by atoms with E-state index in [4.69, 9.17) is 0 Å². The monoisotopic (exact) mass is 1080 g/mol. The molecule has 13 nitrogen and oxygen atoms in total. The molecule has 0 aliphatic heterocycles. The van der Waals surface area contributed by atoms with Gasteiger partial charge in [-0.15, -0.1) is 5.11 Å². The highest BCUT2D eigenvalue weighted by Gasteiger charge is 2.24. The van der Waals surface area contributed by atoms with Crippen LogP contribution in [0.3, 0.4) is 0 Å². The number of nitrogens with zero attached hydrogens (tertiary/aromatic N) is 4. The van der Waals surface area contributed by atoms with Crippen molar-refractivity contribution in [3.63, 3.8) is 0 Å². The van der Waals surface area contributed by atoms with E-state index in [0.717, 1.165) is 12.1 Å². The fourth-order valence-electron chi connectivity index (χ4n) is 8.56. The zero-order valence-electron chi connectivity index (χ0n) is 46.6. The second-order valence-corrected chi connectivity index (χ2v) is 22.7. The molecule has 0 radical (unpaired) electrons. The number of aromatic hydroxyl groups is 1. The molecular formula is C60H98N6O7S2. The number of benzene rings is 4. The Hall–Kier alpha value is -4.12. The van der Waals surface area contributed by atoms with Crippen molar-refractivity contribution in [3.05, 3.63) is 78.9 Å². The summed E-state index contributed by atoms with van der Waals surface area (Å²) in [5.41, 5.74) is 1.20. The van der Waals surface area contributed by atoms with E-state index in [1.807, 2.05) is 18.2 Å². The third-order valence-electron chi connectivity index (χ3n) is 13.1. The molecule has 0 saturated carbocycles. The van der Waals surface area contributed by atoms with E-state index in [1.165, 1.54) is 225 Å². The lowest BCUT2D eigenvalue weighted by molar-refractivity contribution is 0.477. The minimum Gasteiger partial charge on any atom is -0.506 e. The van der Waals surface area contributed by atoms with Gasteiger partial charge in [0.2, 0.25) is 0 Å². The maximum atomic E-state index is 12.0. The topological polar surface area (TPSA) is 202 Å². The molecule has 422 valence electrons. The molecule has 0 unspecified atom stereocenters. The lowest BCUT2D eigenvalue weighted by atomic mass is 10.1. The van der Waals surface area contributed by atoms with Crippen molar-refractivity contribution in [2.75, 3.05) is 26.2 Å². The summed E-state index contributed by atoms with van der Waals surface area (Å²) < 4.78 is 66.0. The molecular weight excluding hydrogens is 981 g/mol. The highest BCUT2D eigenvalue weighted by Crippen LogP contribution is 2.41. The van der Waals surface area contributed by atoms with Gasteiger partial charge in [0, 0.05) is 5.39 Å². The van der Waals surface area contributed by atoms with Crippen LogP contribution in [0.2, 0.25) is 0 Å². The zero-order valence-corrected chi connectivity index (χ0v) is 48.3. The standard InChI is InChI=1S/C22H16N4O7S2.2C19H41N/c27-19-11-6-14-12-18(34(28,29)30)13-20(35(31,32)33)21(14)22(19)26-25-17-9-7-16(8-10-17)24-23-15-4-2-1-3-5-15;2*1-3-5-7-9-11-13-15-17-19-20-18-16-14-12-10-8-6-4-2/h1-13,27H,(H,28,29,30)(H,31,32,33);2*20H,3-19H2,1-2H3. The number of hydrogen-bond donors (Lipinski definition) is 5. The molecule has 0 aromatic heterocycles. The van der Waals surface area contributed by atoms with Gasteiger partial charge >= 0.3 is 0 Å². The van der Waals surface area contributed by atoms with Crippen LogP contribution in [0.4, 0.5) is 22.7 Å². The van der Waals surface area contributed by atoms with E-state index < -0.39 is 35.8 Å². The van der Waals surface area contributed by atoms with Crippen molar-refractivity contribution in [2.24, 2.45) is 20.5 Å². The Morgan fingerprint density at radius 3 is 1.07 bits per heavy atom. The van der Waals surface area contributed by atoms with Crippen LogP contribution in [0, 0.1) is 0 Å². The summed E-state index contributed by atoms with van der Waals surface area (Å²) in [6, 6.07) is 19.4. The van der Waals surface area contributed by atoms with Gasteiger partial charge in [-0.3, -0.25) is 9.11 Å². The van der Waals surface area contributed by atoms with Crippen molar-refractivity contribution < 1.29 is 31.0 Å². The van der Waals surface area contributed by atoms with Crippen LogP contribution in [0.5, 0.6) is 5.75 Å². The fraction of sp³-hybridized carbons (Fsp3) is 0.633. The Balaban J connectivity index is 0.000000416. The van der Waals surface area contributed by atoms with Crippen LogP contribution >= 0.6 is 0 Å². The average molecular weight is 1080 g/mol. The maximum absolute atomic E-state index is 12.0. The van der Waals surface area contributed by atoms with Crippen molar-refractivity contribution in [1.82, 2.24) is 10.6 Å². The molecule has 4 aromatic rings. The van der Waals surface area contributed by atoms with E-state index in [1.54, 1.807) is 36.4 Å². The summed E-state index contributed by atoms with van der Waals surface area (Å²) in [5.74, 6) is -0.473. The Labute approximate surface area is 454 Å². The van der Waals surface area contributed by atoms with E-state index in [2.05, 4.69) is 58.8 Å². The van der Waals surface area contributed by atoms with Crippen LogP contribution < -0.4 is 10.6 Å². The van der Waals surface area contributed by atoms with Crippen LogP contribution in [0.1, 0.15) is 220 Å². The lowest BCUT2D eigenvalue weighted by Crippen LogP contribution is -2.16. The van der Waals surface area contributed by atoms with Gasteiger partial charge in [-0.25, -0.2) is 0 Å². The Morgan fingerprint density at radius 1 is 0.387 bits per heavy atom. The van der Waals surface area contributed by atoms with Crippen molar-refractivity contribution in [2.45, 2.75) is 230 Å². The third kappa shape index (κ3) is 32.9. The molecule has 15 heteroatoms. The molecule has 0 atom stereocenters. The van der Waals surface area contributed by atoms with Crippen LogP contribution in [-0.2, 0) is 20.2 Å². The molecule has 4 aromatic carbocycles. The second kappa shape index (κ2) is 42.9. The molecule has 0 saturated heterocycles. The Bertz CT molecular complexity index is 2260. The van der Waals surface area contributed by atoms with Crippen molar-refractivity contribution >= 4 is 53.8 Å². The van der Waals surface area contributed by atoms with Gasteiger partial charge in [0.1, 0.15) is 16.3 Å². The SMILES string of the molecule is CCCCCCCCCCNCCCCCCCCC.CCCCCCCCCCNCCCCCCCCC.O=S(=O)(O)c1cc(S(=O)(=O)O)c2c(N=Nc3ccc(N=Nc4ccccc4)cc3)c(O)ccc2c1. The average Bonchev–Trinajstić information content (AvgIpc) is 3.40. The first kappa shape index (κ1) is 67.0. The van der Waals surface area contributed by atoms with Crippen LogP contribution in [0.25, 0.3) is 10.8 Å². The van der Waals surface area contributed by atoms with E-state index in [9.17, 15) is 31.0 Å². The van der Waals surface area contributed by atoms with Crippen LogP contribution in [0.15, 0.2) is 109 Å². The lowest BCUT2D eigenvalue weighted by Gasteiger charge is -2.10.